The largest absolute Gasteiger partial charge is 0.416 e. The molecule has 0 saturated heterocycles. The Morgan fingerprint density at radius 3 is 1.02 bits per heavy atom. The first kappa shape index (κ1) is 42.9. The molecule has 330 valence electrons. The van der Waals surface area contributed by atoms with Gasteiger partial charge < -0.3 is 14.7 Å². The van der Waals surface area contributed by atoms with Gasteiger partial charge in [0, 0.05) is 33.2 Å². The highest BCUT2D eigenvalue weighted by molar-refractivity contribution is 6.04. The van der Waals surface area contributed by atoms with E-state index in [9.17, 15) is 57.5 Å². The van der Waals surface area contributed by atoms with Crippen LogP contribution in [0.5, 0.6) is 5.88 Å². The van der Waals surface area contributed by atoms with Gasteiger partial charge in [-0.25, -0.2) is 9.78 Å². The predicted octanol–water partition coefficient (Wildman–Crippen LogP) is 14.1. The van der Waals surface area contributed by atoms with Crippen LogP contribution in [0, 0.1) is 0 Å². The minimum absolute atomic E-state index is 0.0373. The normalized spacial score (nSPS) is 13.6. The van der Waals surface area contributed by atoms with Crippen LogP contribution in [-0.2, 0) is 37.5 Å². The number of nitrogens with zero attached hydrogens (tertiary/aromatic N) is 2. The maximum Gasteiger partial charge on any atom is 0.416 e. The molecule has 0 atom stereocenters. The zero-order valence-electron chi connectivity index (χ0n) is 32.7. The molecule has 2 aliphatic heterocycles. The van der Waals surface area contributed by atoms with Crippen LogP contribution in [0.25, 0.3) is 66.6 Å². The minimum Gasteiger partial charge on any atom is -0.402 e. The third kappa shape index (κ3) is 8.19. The Morgan fingerprint density at radius 1 is 0.385 bits per heavy atom. The second-order valence-electron chi connectivity index (χ2n) is 15.0. The van der Waals surface area contributed by atoms with E-state index >= 15 is 0 Å². The molecule has 7 aromatic rings. The van der Waals surface area contributed by atoms with Gasteiger partial charge in [0.15, 0.2) is 5.69 Å². The molecule has 0 aliphatic carbocycles. The Labute approximate surface area is 358 Å². The maximum atomic E-state index is 14.0. The average Bonchev–Trinajstić information content (AvgIpc) is 4.08. The second kappa shape index (κ2) is 15.4. The van der Waals surface area contributed by atoms with E-state index in [0.717, 1.165) is 72.8 Å². The van der Waals surface area contributed by atoms with E-state index in [0.29, 0.717) is 22.5 Å². The van der Waals surface area contributed by atoms with Crippen molar-refractivity contribution in [3.05, 3.63) is 161 Å². The highest BCUT2D eigenvalue weighted by atomic mass is 19.4. The van der Waals surface area contributed by atoms with Crippen molar-refractivity contribution in [2.45, 2.75) is 37.5 Å². The fourth-order valence-corrected chi connectivity index (χ4v) is 7.89. The van der Waals surface area contributed by atoms with Gasteiger partial charge in [0.1, 0.15) is 0 Å². The molecule has 0 fully saturated rings. The van der Waals surface area contributed by atoms with E-state index in [1.54, 1.807) is 0 Å². The number of hydrogen-bond acceptors (Lipinski definition) is 4. The molecule has 0 spiro atoms. The van der Waals surface area contributed by atoms with Crippen LogP contribution in [0.15, 0.2) is 121 Å². The summed E-state index contributed by atoms with van der Waals surface area (Å²) in [5, 5.41) is 0. The van der Waals surface area contributed by atoms with Crippen LogP contribution in [0.1, 0.15) is 44.1 Å². The average molecular weight is 907 g/mol. The van der Waals surface area contributed by atoms with Gasteiger partial charge in [0.25, 0.3) is 0 Å². The van der Waals surface area contributed by atoms with Crippen molar-refractivity contribution in [1.82, 2.24) is 19.9 Å². The highest BCUT2D eigenvalue weighted by Crippen LogP contribution is 2.42. The van der Waals surface area contributed by atoms with Crippen LogP contribution in [0.4, 0.5) is 52.7 Å². The van der Waals surface area contributed by atoms with E-state index in [-0.39, 0.29) is 68.3 Å². The predicted molar refractivity (Wildman–Crippen MR) is 215 cm³/mol. The van der Waals surface area contributed by atoms with Gasteiger partial charge >= 0.3 is 30.7 Å². The number of aryl methyl sites for hydroxylation is 2. The van der Waals surface area contributed by atoms with Crippen LogP contribution >= 0.6 is 0 Å². The van der Waals surface area contributed by atoms with Crippen LogP contribution in [-0.4, -0.2) is 25.9 Å². The molecule has 2 aliphatic rings. The first-order valence-corrected chi connectivity index (χ1v) is 19.3. The highest BCUT2D eigenvalue weighted by Gasteiger charge is 2.35. The number of nitrogens with one attached hydrogen (secondary N) is 2. The number of fused-ring (bicyclic) bond motifs is 8. The lowest BCUT2D eigenvalue weighted by atomic mass is 9.99. The molecule has 5 heterocycles. The van der Waals surface area contributed by atoms with E-state index in [2.05, 4.69) is 15.0 Å². The Hall–Kier alpha value is -7.37. The van der Waals surface area contributed by atoms with E-state index in [1.807, 2.05) is 0 Å². The van der Waals surface area contributed by atoms with Gasteiger partial charge in [-0.1, -0.05) is 48.5 Å². The first-order chi connectivity index (χ1) is 30.6. The summed E-state index contributed by atoms with van der Waals surface area (Å²) in [6, 6.07) is 22.0. The summed E-state index contributed by atoms with van der Waals surface area (Å²) < 4.78 is 171. The smallest absolute Gasteiger partial charge is 0.402 e. The number of rotatable bonds is 4. The fourth-order valence-electron chi connectivity index (χ4n) is 7.89. The molecular weight excluding hydrogens is 881 g/mol. The van der Waals surface area contributed by atoms with Gasteiger partial charge in [0.05, 0.1) is 44.7 Å². The Kier molecular flexibility index (Phi) is 10.2. The first-order valence-electron chi connectivity index (χ1n) is 19.3. The number of H-pyrrole nitrogens is 2. The van der Waals surface area contributed by atoms with Crippen molar-refractivity contribution in [2.24, 2.45) is 0 Å². The van der Waals surface area contributed by atoms with Gasteiger partial charge in [0.2, 0.25) is 5.88 Å². The van der Waals surface area contributed by atoms with Gasteiger partial charge in [-0.05, 0) is 108 Å². The molecule has 0 radical (unpaired) electrons. The molecule has 0 saturated carbocycles. The lowest BCUT2D eigenvalue weighted by Gasteiger charge is -2.10. The molecule has 2 N–H and O–H groups in total. The number of benzene rings is 4. The zero-order valence-corrected chi connectivity index (χ0v) is 32.7. The van der Waals surface area contributed by atoms with Crippen molar-refractivity contribution in [1.29, 1.82) is 0 Å². The van der Waals surface area contributed by atoms with Gasteiger partial charge in [-0.3, -0.25) is 4.98 Å². The van der Waals surface area contributed by atoms with Crippen molar-refractivity contribution < 1.29 is 62.2 Å². The van der Waals surface area contributed by atoms with Crippen LogP contribution in [0.3, 0.4) is 0 Å². The SMILES string of the molecule is O=C1Oc2nc1c(-c1ccc(C(F)(F)F)cc1)c1ccc([nH]1)c(-c1ccc(C(F)(F)F)cc1)c1nc(c(-c3ccc(C(F)(F)F)cc3)c3ccc([nH]3)c2-c2ccc(C(F)(F)F)cc2)CC1. The molecule has 4 aromatic carbocycles. The summed E-state index contributed by atoms with van der Waals surface area (Å²) in [6.07, 6.45) is -18.5. The number of ether oxygens (including phenoxy) is 1. The standard InChI is InChI=1S/C47H26F12N4O2/c48-44(49,50)27-9-1-23(2-10-27)37-31-17-18-32(60-31)38(24-3-11-28(12-4-24)45(51,52)53)34-20-22-36(62-34)40(26-7-15-30(16-8-26)47(57,58)59)42-63-41(43(64)65-42)39(35-21-19-33(37)61-35)25-5-13-29(14-6-25)46(54,55)56/h1-16,19-22,61-62H,17-18H2. The van der Waals surface area contributed by atoms with Crippen molar-refractivity contribution >= 4 is 28.0 Å². The van der Waals surface area contributed by atoms with Crippen molar-refractivity contribution in [3.63, 3.8) is 0 Å². The Bertz CT molecular complexity index is 3160. The molecule has 3 aromatic heterocycles. The third-order valence-electron chi connectivity index (χ3n) is 10.9. The summed E-state index contributed by atoms with van der Waals surface area (Å²) in [6.45, 7) is 0. The van der Waals surface area contributed by atoms with Gasteiger partial charge in [-0.2, -0.15) is 52.7 Å². The molecule has 0 amide bonds. The minimum atomic E-state index is -4.73. The van der Waals surface area contributed by atoms with Crippen LogP contribution < -0.4 is 4.74 Å². The Balaban J connectivity index is 1.43. The van der Waals surface area contributed by atoms with E-state index < -0.39 is 64.5 Å². The number of carbonyl (C=O) groups excluding carboxylic acids is 1. The van der Waals surface area contributed by atoms with Crippen LogP contribution in [0.2, 0.25) is 0 Å². The molecule has 9 rings (SSSR count). The number of halogens is 12. The lowest BCUT2D eigenvalue weighted by molar-refractivity contribution is -0.138. The molecule has 18 heteroatoms. The van der Waals surface area contributed by atoms with Gasteiger partial charge in [-0.15, -0.1) is 0 Å². The second-order valence-corrected chi connectivity index (χ2v) is 15.0. The third-order valence-corrected chi connectivity index (χ3v) is 10.9. The quantitative estimate of drug-likeness (QED) is 0.136. The monoisotopic (exact) mass is 906 g/mol. The van der Waals surface area contributed by atoms with Crippen molar-refractivity contribution in [2.75, 3.05) is 0 Å². The molecular formula is C47H26F12N4O2. The van der Waals surface area contributed by atoms with Crippen molar-refractivity contribution in [3.8, 4) is 50.4 Å². The van der Waals surface area contributed by atoms with E-state index in [4.69, 9.17) is 9.72 Å². The van der Waals surface area contributed by atoms with E-state index in [1.165, 1.54) is 48.5 Å². The summed E-state index contributed by atoms with van der Waals surface area (Å²) in [5.74, 6) is -1.53. The number of alkyl halides is 12. The number of esters is 1. The summed E-state index contributed by atoms with van der Waals surface area (Å²) >= 11 is 0. The number of carbonyl (C=O) groups is 1. The summed E-state index contributed by atoms with van der Waals surface area (Å²) in [5.41, 5.74) is -1.86. The molecule has 6 nitrogen and oxygen atoms in total. The number of aromatic amines is 2. The maximum absolute atomic E-state index is 14.0. The fraction of sp³-hybridized carbons (Fsp3) is 0.128. The molecule has 0 unspecified atom stereocenters. The molecule has 8 bridgehead atoms. The lowest BCUT2D eigenvalue weighted by Crippen LogP contribution is -2.06. The number of aromatic nitrogens is 4. The summed E-state index contributed by atoms with van der Waals surface area (Å²) in [4.78, 5) is 29.8. The summed E-state index contributed by atoms with van der Waals surface area (Å²) in [7, 11) is 0. The Morgan fingerprint density at radius 2 is 0.677 bits per heavy atom. The number of hydrogen-bond donors (Lipinski definition) is 2. The zero-order chi connectivity index (χ0) is 46.2. The topological polar surface area (TPSA) is 83.7 Å². The molecule has 65 heavy (non-hydrogen) atoms.